The van der Waals surface area contributed by atoms with Gasteiger partial charge in [0, 0.05) is 44.1 Å². The first-order valence-corrected chi connectivity index (χ1v) is 5.94. The van der Waals surface area contributed by atoms with E-state index in [1.54, 1.807) is 0 Å². The van der Waals surface area contributed by atoms with Crippen molar-refractivity contribution in [3.63, 3.8) is 0 Å². The smallest absolute Gasteiger partial charge is 0.138 e. The Morgan fingerprint density at radius 1 is 1.62 bits per heavy atom. The summed E-state index contributed by atoms with van der Waals surface area (Å²) >= 11 is 0. The summed E-state index contributed by atoms with van der Waals surface area (Å²) in [6.07, 6.45) is 3.42. The predicted molar refractivity (Wildman–Crippen MR) is 62.3 cm³/mol. The molecule has 0 saturated carbocycles. The molecular weight excluding hydrogens is 202 g/mol. The summed E-state index contributed by atoms with van der Waals surface area (Å²) in [5.41, 5.74) is 1.02. The number of carbonyl (C=O) groups is 1. The molecule has 0 radical (unpaired) electrons. The Labute approximate surface area is 96.0 Å². The molecule has 16 heavy (non-hydrogen) atoms. The van der Waals surface area contributed by atoms with Crippen molar-refractivity contribution >= 4 is 5.78 Å². The summed E-state index contributed by atoms with van der Waals surface area (Å²) in [5.74, 6) is 0.488. The summed E-state index contributed by atoms with van der Waals surface area (Å²) in [7, 11) is 0. The molecule has 1 unspecified atom stereocenters. The van der Waals surface area contributed by atoms with Crippen LogP contribution in [0.5, 0.6) is 0 Å². The van der Waals surface area contributed by atoms with Crippen LogP contribution in [0.25, 0.3) is 0 Å². The van der Waals surface area contributed by atoms with Gasteiger partial charge in [0.15, 0.2) is 0 Å². The first-order valence-electron chi connectivity index (χ1n) is 5.94. The third-order valence-corrected chi connectivity index (χ3v) is 3.04. The number of nitrogens with one attached hydrogen (secondary N) is 1. The van der Waals surface area contributed by atoms with Crippen LogP contribution in [-0.4, -0.2) is 28.7 Å². The average Bonchev–Trinajstić information content (AvgIpc) is 2.70. The summed E-state index contributed by atoms with van der Waals surface area (Å²) in [4.78, 5) is 11.7. The third-order valence-electron chi connectivity index (χ3n) is 3.04. The summed E-state index contributed by atoms with van der Waals surface area (Å²) in [6, 6.07) is 2.40. The minimum atomic E-state index is 0.115. The van der Waals surface area contributed by atoms with Gasteiger partial charge in [0.25, 0.3) is 0 Å². The van der Waals surface area contributed by atoms with Crippen molar-refractivity contribution < 1.29 is 4.79 Å². The molecule has 1 atom stereocenters. The maximum Gasteiger partial charge on any atom is 0.138 e. The molecule has 1 N–H and O–H groups in total. The summed E-state index contributed by atoms with van der Waals surface area (Å²) in [6.45, 7) is 5.83. The van der Waals surface area contributed by atoms with Crippen LogP contribution in [0.3, 0.4) is 0 Å². The molecule has 0 bridgehead atoms. The quantitative estimate of drug-likeness (QED) is 0.834. The number of hydrogen-bond donors (Lipinski definition) is 1. The van der Waals surface area contributed by atoms with Crippen molar-refractivity contribution in [2.24, 2.45) is 5.92 Å². The van der Waals surface area contributed by atoms with Crippen molar-refractivity contribution in [1.82, 2.24) is 15.1 Å². The van der Waals surface area contributed by atoms with Gasteiger partial charge in [-0.25, -0.2) is 0 Å². The number of rotatable bonds is 3. The van der Waals surface area contributed by atoms with E-state index in [0.717, 1.165) is 25.2 Å². The number of aromatic nitrogens is 2. The van der Waals surface area contributed by atoms with Crippen LogP contribution in [0.4, 0.5) is 0 Å². The van der Waals surface area contributed by atoms with Crippen LogP contribution in [0, 0.1) is 5.92 Å². The summed E-state index contributed by atoms with van der Waals surface area (Å²) in [5, 5.41) is 7.73. The van der Waals surface area contributed by atoms with Crippen LogP contribution >= 0.6 is 0 Å². The zero-order chi connectivity index (χ0) is 11.5. The Balaban J connectivity index is 1.99. The van der Waals surface area contributed by atoms with E-state index in [-0.39, 0.29) is 5.92 Å². The highest BCUT2D eigenvalue weighted by Gasteiger charge is 2.22. The molecule has 0 amide bonds. The molecule has 1 fully saturated rings. The maximum absolute atomic E-state index is 11.7. The van der Waals surface area contributed by atoms with Crippen LogP contribution in [-0.2, 0) is 11.2 Å². The van der Waals surface area contributed by atoms with E-state index in [2.05, 4.69) is 24.3 Å². The van der Waals surface area contributed by atoms with Gasteiger partial charge in [0.2, 0.25) is 0 Å². The molecule has 1 aliphatic heterocycles. The van der Waals surface area contributed by atoms with Gasteiger partial charge in [0.05, 0.1) is 5.69 Å². The van der Waals surface area contributed by atoms with E-state index in [4.69, 9.17) is 0 Å². The number of ketones is 1. The lowest BCUT2D eigenvalue weighted by Crippen LogP contribution is -2.38. The van der Waals surface area contributed by atoms with Gasteiger partial charge < -0.3 is 5.32 Å². The average molecular weight is 221 g/mol. The molecule has 1 aromatic heterocycles. The molecule has 2 rings (SSSR count). The number of piperidine rings is 1. The Morgan fingerprint density at radius 3 is 3.06 bits per heavy atom. The van der Waals surface area contributed by atoms with Gasteiger partial charge in [-0.15, -0.1) is 0 Å². The fraction of sp³-hybridized carbons (Fsp3) is 0.667. The molecule has 1 aliphatic rings. The molecule has 1 aromatic rings. The van der Waals surface area contributed by atoms with Gasteiger partial charge >= 0.3 is 0 Å². The van der Waals surface area contributed by atoms with Crippen molar-refractivity contribution in [3.05, 3.63) is 18.0 Å². The van der Waals surface area contributed by atoms with Crippen molar-refractivity contribution in [1.29, 1.82) is 0 Å². The largest absolute Gasteiger partial charge is 0.316 e. The van der Waals surface area contributed by atoms with Gasteiger partial charge in [-0.3, -0.25) is 9.48 Å². The standard InChI is InChI=1S/C12H19N3O/c1-9(2)15-6-4-11(14-15)7-10-8-13-5-3-12(10)16/h4,6,9-10,13H,3,5,7-8H2,1-2H3. The van der Waals surface area contributed by atoms with E-state index >= 15 is 0 Å². The first-order chi connectivity index (χ1) is 7.66. The Morgan fingerprint density at radius 2 is 2.44 bits per heavy atom. The van der Waals surface area contributed by atoms with Crippen LogP contribution in [0.1, 0.15) is 32.0 Å². The molecule has 0 aliphatic carbocycles. The molecule has 88 valence electrons. The molecule has 2 heterocycles. The van der Waals surface area contributed by atoms with Crippen LogP contribution in [0.2, 0.25) is 0 Å². The number of nitrogens with zero attached hydrogens (tertiary/aromatic N) is 2. The zero-order valence-electron chi connectivity index (χ0n) is 9.94. The van der Waals surface area contributed by atoms with Gasteiger partial charge in [-0.1, -0.05) is 0 Å². The van der Waals surface area contributed by atoms with Gasteiger partial charge in [0.1, 0.15) is 5.78 Å². The molecular formula is C12H19N3O. The van der Waals surface area contributed by atoms with Crippen molar-refractivity contribution in [2.75, 3.05) is 13.1 Å². The second-order valence-corrected chi connectivity index (χ2v) is 4.70. The van der Waals surface area contributed by atoms with E-state index in [1.165, 1.54) is 0 Å². The normalized spacial score (nSPS) is 21.7. The fourth-order valence-corrected chi connectivity index (χ4v) is 2.02. The number of Topliss-reactive ketones (excluding diaryl/α,β-unsaturated/α-hetero) is 1. The predicted octanol–water partition coefficient (Wildman–Crippen LogP) is 1.19. The highest BCUT2D eigenvalue weighted by atomic mass is 16.1. The minimum absolute atomic E-state index is 0.115. The van der Waals surface area contributed by atoms with Crippen molar-refractivity contribution in [2.45, 2.75) is 32.7 Å². The highest BCUT2D eigenvalue weighted by Crippen LogP contribution is 2.13. The second kappa shape index (κ2) is 4.78. The topological polar surface area (TPSA) is 46.9 Å². The lowest BCUT2D eigenvalue weighted by atomic mass is 9.93. The second-order valence-electron chi connectivity index (χ2n) is 4.70. The molecule has 0 spiro atoms. The van der Waals surface area contributed by atoms with E-state index in [1.807, 2.05) is 16.9 Å². The lowest BCUT2D eigenvalue weighted by Gasteiger charge is -2.20. The Hall–Kier alpha value is -1.16. The van der Waals surface area contributed by atoms with E-state index < -0.39 is 0 Å². The SMILES string of the molecule is CC(C)n1ccc(CC2CNCCC2=O)n1. The minimum Gasteiger partial charge on any atom is -0.316 e. The van der Waals surface area contributed by atoms with Gasteiger partial charge in [-0.2, -0.15) is 5.10 Å². The zero-order valence-corrected chi connectivity index (χ0v) is 9.94. The number of carbonyl (C=O) groups excluding carboxylic acids is 1. The van der Waals surface area contributed by atoms with E-state index in [9.17, 15) is 4.79 Å². The van der Waals surface area contributed by atoms with Crippen LogP contribution < -0.4 is 5.32 Å². The number of hydrogen-bond acceptors (Lipinski definition) is 3. The monoisotopic (exact) mass is 221 g/mol. The maximum atomic E-state index is 11.7. The molecule has 4 heteroatoms. The molecule has 1 saturated heterocycles. The van der Waals surface area contributed by atoms with Gasteiger partial charge in [-0.05, 0) is 19.9 Å². The lowest BCUT2D eigenvalue weighted by molar-refractivity contribution is -0.123. The molecule has 0 aromatic carbocycles. The Kier molecular flexibility index (Phi) is 3.39. The fourth-order valence-electron chi connectivity index (χ4n) is 2.02. The van der Waals surface area contributed by atoms with E-state index in [0.29, 0.717) is 18.2 Å². The first kappa shape index (κ1) is 11.3. The Bertz CT molecular complexity index is 370. The summed E-state index contributed by atoms with van der Waals surface area (Å²) < 4.78 is 1.94. The molecule has 4 nitrogen and oxygen atoms in total. The van der Waals surface area contributed by atoms with Crippen LogP contribution in [0.15, 0.2) is 12.3 Å². The third kappa shape index (κ3) is 2.50. The highest BCUT2D eigenvalue weighted by molar-refractivity contribution is 5.82. The van der Waals surface area contributed by atoms with Crippen molar-refractivity contribution in [3.8, 4) is 0 Å².